The molecule has 1 aromatic heterocycles. The number of benzene rings is 1. The standard InChI is InChI=1S/C13H10F3N3OS/c1-7(12-19-18-8(2)20-12)21-10-4-3-9(6-17)11(5-10)13(14,15)16/h3-5,7H,1-2H3/t7-/m1/s1. The third-order valence-corrected chi connectivity index (χ3v) is 3.70. The minimum atomic E-state index is -4.56. The van der Waals surface area contributed by atoms with Gasteiger partial charge in [0.25, 0.3) is 0 Å². The summed E-state index contributed by atoms with van der Waals surface area (Å²) in [5.41, 5.74) is -1.34. The number of halogens is 3. The van der Waals surface area contributed by atoms with E-state index in [2.05, 4.69) is 10.2 Å². The van der Waals surface area contributed by atoms with Crippen molar-refractivity contribution in [2.75, 3.05) is 0 Å². The second-order valence-corrected chi connectivity index (χ2v) is 5.65. The molecular formula is C13H10F3N3OS. The summed E-state index contributed by atoms with van der Waals surface area (Å²) in [5.74, 6) is 0.740. The molecule has 2 aromatic rings. The van der Waals surface area contributed by atoms with Gasteiger partial charge in [0, 0.05) is 11.8 Å². The number of aromatic nitrogens is 2. The van der Waals surface area contributed by atoms with Gasteiger partial charge in [-0.15, -0.1) is 22.0 Å². The van der Waals surface area contributed by atoms with Crippen molar-refractivity contribution < 1.29 is 17.6 Å². The predicted molar refractivity (Wildman–Crippen MR) is 69.5 cm³/mol. The number of rotatable bonds is 3. The van der Waals surface area contributed by atoms with Crippen LogP contribution in [0.3, 0.4) is 0 Å². The average molecular weight is 313 g/mol. The Labute approximate surface area is 123 Å². The first kappa shape index (κ1) is 15.4. The van der Waals surface area contributed by atoms with Gasteiger partial charge in [-0.05, 0) is 25.1 Å². The zero-order chi connectivity index (χ0) is 15.6. The Bertz CT molecular complexity index is 691. The van der Waals surface area contributed by atoms with Gasteiger partial charge in [0.05, 0.1) is 22.4 Å². The topological polar surface area (TPSA) is 62.7 Å². The molecule has 1 heterocycles. The molecule has 0 fully saturated rings. The minimum Gasteiger partial charge on any atom is -0.424 e. The van der Waals surface area contributed by atoms with Crippen LogP contribution >= 0.6 is 11.8 Å². The van der Waals surface area contributed by atoms with Crippen LogP contribution in [0.1, 0.15) is 35.1 Å². The van der Waals surface area contributed by atoms with Crippen molar-refractivity contribution >= 4 is 11.8 Å². The lowest BCUT2D eigenvalue weighted by Crippen LogP contribution is -2.08. The predicted octanol–water partition coefficient (Wildman–Crippen LogP) is 4.12. The van der Waals surface area contributed by atoms with Crippen LogP contribution in [-0.2, 0) is 6.18 Å². The molecule has 0 bridgehead atoms. The molecule has 0 N–H and O–H groups in total. The van der Waals surface area contributed by atoms with E-state index in [1.54, 1.807) is 19.9 Å². The highest BCUT2D eigenvalue weighted by Crippen LogP contribution is 2.38. The quantitative estimate of drug-likeness (QED) is 0.798. The first-order chi connectivity index (χ1) is 9.81. The van der Waals surface area contributed by atoms with Gasteiger partial charge >= 0.3 is 6.18 Å². The van der Waals surface area contributed by atoms with Crippen molar-refractivity contribution in [3.05, 3.63) is 41.1 Å². The molecule has 0 saturated heterocycles. The van der Waals surface area contributed by atoms with Crippen molar-refractivity contribution in [1.82, 2.24) is 10.2 Å². The van der Waals surface area contributed by atoms with E-state index in [0.29, 0.717) is 16.7 Å². The smallest absolute Gasteiger partial charge is 0.417 e. The van der Waals surface area contributed by atoms with Gasteiger partial charge in [0.15, 0.2) is 0 Å². The molecule has 4 nitrogen and oxygen atoms in total. The lowest BCUT2D eigenvalue weighted by atomic mass is 10.1. The van der Waals surface area contributed by atoms with Crippen molar-refractivity contribution in [2.45, 2.75) is 30.2 Å². The van der Waals surface area contributed by atoms with Gasteiger partial charge in [-0.25, -0.2) is 0 Å². The molecule has 8 heteroatoms. The van der Waals surface area contributed by atoms with E-state index >= 15 is 0 Å². The largest absolute Gasteiger partial charge is 0.424 e. The lowest BCUT2D eigenvalue weighted by molar-refractivity contribution is -0.137. The highest BCUT2D eigenvalue weighted by molar-refractivity contribution is 7.99. The van der Waals surface area contributed by atoms with Gasteiger partial charge in [0.1, 0.15) is 0 Å². The molecule has 2 rings (SSSR count). The normalized spacial score (nSPS) is 13.0. The van der Waals surface area contributed by atoms with Crippen LogP contribution in [0.2, 0.25) is 0 Å². The molecule has 0 radical (unpaired) electrons. The second-order valence-electron chi connectivity index (χ2n) is 4.24. The van der Waals surface area contributed by atoms with E-state index in [9.17, 15) is 13.2 Å². The van der Waals surface area contributed by atoms with Crippen LogP contribution in [0.15, 0.2) is 27.5 Å². The lowest BCUT2D eigenvalue weighted by Gasteiger charge is -2.12. The Hall–Kier alpha value is -2.01. The zero-order valence-corrected chi connectivity index (χ0v) is 11.9. The summed E-state index contributed by atoms with van der Waals surface area (Å²) >= 11 is 1.15. The number of alkyl halides is 3. The Morgan fingerprint density at radius 3 is 2.57 bits per heavy atom. The van der Waals surface area contributed by atoms with Crippen LogP contribution in [0.5, 0.6) is 0 Å². The first-order valence-electron chi connectivity index (χ1n) is 5.89. The molecule has 1 atom stereocenters. The van der Waals surface area contributed by atoms with Gasteiger partial charge in [0.2, 0.25) is 11.8 Å². The Kier molecular flexibility index (Phi) is 4.23. The fraction of sp³-hybridized carbons (Fsp3) is 0.308. The Morgan fingerprint density at radius 2 is 2.05 bits per heavy atom. The van der Waals surface area contributed by atoms with E-state index < -0.39 is 17.3 Å². The summed E-state index contributed by atoms with van der Waals surface area (Å²) in [4.78, 5) is 0.379. The average Bonchev–Trinajstić information content (AvgIpc) is 2.84. The highest BCUT2D eigenvalue weighted by Gasteiger charge is 2.34. The monoisotopic (exact) mass is 313 g/mol. The summed E-state index contributed by atoms with van der Waals surface area (Å²) in [5, 5.41) is 16.0. The first-order valence-corrected chi connectivity index (χ1v) is 6.77. The molecule has 0 amide bonds. The maximum Gasteiger partial charge on any atom is 0.417 e. The molecule has 110 valence electrons. The summed E-state index contributed by atoms with van der Waals surface area (Å²) in [6, 6.07) is 5.14. The molecule has 0 unspecified atom stereocenters. The molecule has 0 aliphatic heterocycles. The van der Waals surface area contributed by atoms with E-state index in [1.807, 2.05) is 0 Å². The summed E-state index contributed by atoms with van der Waals surface area (Å²) in [6.07, 6.45) is -4.56. The highest BCUT2D eigenvalue weighted by atomic mass is 32.2. The number of nitrogens with zero attached hydrogens (tertiary/aromatic N) is 3. The van der Waals surface area contributed by atoms with Crippen molar-refractivity contribution in [1.29, 1.82) is 5.26 Å². The van der Waals surface area contributed by atoms with Crippen molar-refractivity contribution in [2.24, 2.45) is 0 Å². The van der Waals surface area contributed by atoms with Gasteiger partial charge in [-0.2, -0.15) is 18.4 Å². The third kappa shape index (κ3) is 3.55. The van der Waals surface area contributed by atoms with Crippen LogP contribution < -0.4 is 0 Å². The molecule has 0 aliphatic rings. The Balaban J connectivity index is 2.27. The molecule has 0 spiro atoms. The summed E-state index contributed by atoms with van der Waals surface area (Å²) in [7, 11) is 0. The number of aryl methyl sites for hydroxylation is 1. The van der Waals surface area contributed by atoms with Gasteiger partial charge < -0.3 is 4.42 Å². The number of hydrogen-bond acceptors (Lipinski definition) is 5. The fourth-order valence-electron chi connectivity index (χ4n) is 1.66. The summed E-state index contributed by atoms with van der Waals surface area (Å²) in [6.45, 7) is 3.39. The van der Waals surface area contributed by atoms with E-state index in [1.165, 1.54) is 6.07 Å². The van der Waals surface area contributed by atoms with Crippen LogP contribution in [0.4, 0.5) is 13.2 Å². The third-order valence-electron chi connectivity index (χ3n) is 2.62. The van der Waals surface area contributed by atoms with Crippen LogP contribution in [0.25, 0.3) is 0 Å². The minimum absolute atomic E-state index is 0.291. The molecule has 0 saturated carbocycles. The molecular weight excluding hydrogens is 303 g/mol. The van der Waals surface area contributed by atoms with E-state index in [0.717, 1.165) is 23.9 Å². The second kappa shape index (κ2) is 5.77. The van der Waals surface area contributed by atoms with Gasteiger partial charge in [-0.1, -0.05) is 0 Å². The van der Waals surface area contributed by atoms with E-state index in [-0.39, 0.29) is 5.25 Å². The molecule has 1 aromatic carbocycles. The van der Waals surface area contributed by atoms with Gasteiger partial charge in [-0.3, -0.25) is 0 Å². The van der Waals surface area contributed by atoms with Crippen molar-refractivity contribution in [3.8, 4) is 6.07 Å². The zero-order valence-electron chi connectivity index (χ0n) is 11.1. The molecule has 0 aliphatic carbocycles. The number of thioether (sulfide) groups is 1. The van der Waals surface area contributed by atoms with Crippen LogP contribution in [0, 0.1) is 18.3 Å². The SMILES string of the molecule is Cc1nnc([C@@H](C)Sc2ccc(C#N)c(C(F)(F)F)c2)o1. The number of hydrogen-bond donors (Lipinski definition) is 0. The fourth-order valence-corrected chi connectivity index (χ4v) is 2.60. The summed E-state index contributed by atoms with van der Waals surface area (Å²) < 4.78 is 43.9. The van der Waals surface area contributed by atoms with Crippen molar-refractivity contribution in [3.63, 3.8) is 0 Å². The van der Waals surface area contributed by atoms with Crippen LogP contribution in [-0.4, -0.2) is 10.2 Å². The van der Waals surface area contributed by atoms with E-state index in [4.69, 9.17) is 9.68 Å². The Morgan fingerprint density at radius 1 is 1.33 bits per heavy atom. The number of nitriles is 1. The maximum absolute atomic E-state index is 12.9. The molecule has 21 heavy (non-hydrogen) atoms. The maximum atomic E-state index is 12.9.